The summed E-state index contributed by atoms with van der Waals surface area (Å²) >= 11 is 0. The van der Waals surface area contributed by atoms with Crippen LogP contribution in [0.5, 0.6) is 0 Å². The van der Waals surface area contributed by atoms with Crippen LogP contribution < -0.4 is 0 Å². The van der Waals surface area contributed by atoms with E-state index in [0.717, 1.165) is 18.2 Å². The third-order valence-corrected chi connectivity index (χ3v) is 2.26. The molecule has 0 atom stereocenters. The molecule has 1 aromatic heterocycles. The maximum atomic E-state index is 13.1. The van der Waals surface area contributed by atoms with E-state index in [1.807, 2.05) is 0 Å². The SMILES string of the molecule is CCOC(=O)c1ccnc(-c2cc(F)cc(F)c2)n1. The van der Waals surface area contributed by atoms with Crippen LogP contribution in [-0.4, -0.2) is 22.5 Å². The maximum Gasteiger partial charge on any atom is 0.357 e. The van der Waals surface area contributed by atoms with Gasteiger partial charge < -0.3 is 4.74 Å². The molecule has 2 rings (SSSR count). The number of benzene rings is 1. The van der Waals surface area contributed by atoms with E-state index < -0.39 is 17.6 Å². The molecule has 0 saturated carbocycles. The molecule has 0 spiro atoms. The third-order valence-electron chi connectivity index (χ3n) is 2.26. The van der Waals surface area contributed by atoms with Crippen molar-refractivity contribution in [3.8, 4) is 11.4 Å². The summed E-state index contributed by atoms with van der Waals surface area (Å²) in [6.45, 7) is 1.88. The second-order valence-corrected chi connectivity index (χ2v) is 3.64. The lowest BCUT2D eigenvalue weighted by atomic mass is 10.2. The van der Waals surface area contributed by atoms with Crippen molar-refractivity contribution in [1.82, 2.24) is 9.97 Å². The van der Waals surface area contributed by atoms with Gasteiger partial charge in [-0.1, -0.05) is 0 Å². The molecule has 0 unspecified atom stereocenters. The first-order valence-electron chi connectivity index (χ1n) is 5.57. The Morgan fingerprint density at radius 3 is 2.58 bits per heavy atom. The highest BCUT2D eigenvalue weighted by Gasteiger charge is 2.11. The molecular formula is C13H10F2N2O2. The summed E-state index contributed by atoms with van der Waals surface area (Å²) in [5, 5.41) is 0. The number of halogens is 2. The monoisotopic (exact) mass is 264 g/mol. The van der Waals surface area contributed by atoms with Crippen LogP contribution >= 0.6 is 0 Å². The number of hydrogen-bond donors (Lipinski definition) is 0. The normalized spacial score (nSPS) is 10.3. The molecule has 0 amide bonds. The maximum absolute atomic E-state index is 13.1. The molecule has 0 aliphatic heterocycles. The Morgan fingerprint density at radius 2 is 1.95 bits per heavy atom. The van der Waals surface area contributed by atoms with Gasteiger partial charge in [0, 0.05) is 17.8 Å². The zero-order chi connectivity index (χ0) is 13.8. The largest absolute Gasteiger partial charge is 0.461 e. The van der Waals surface area contributed by atoms with Gasteiger partial charge in [0.15, 0.2) is 11.5 Å². The molecule has 98 valence electrons. The van der Waals surface area contributed by atoms with E-state index in [1.165, 1.54) is 12.3 Å². The van der Waals surface area contributed by atoms with Gasteiger partial charge in [-0.15, -0.1) is 0 Å². The Bertz CT molecular complexity index is 597. The van der Waals surface area contributed by atoms with Crippen molar-refractivity contribution in [2.75, 3.05) is 6.61 Å². The van der Waals surface area contributed by atoms with Gasteiger partial charge in [-0.05, 0) is 25.1 Å². The van der Waals surface area contributed by atoms with Gasteiger partial charge in [0.2, 0.25) is 0 Å². The molecule has 0 bridgehead atoms. The minimum atomic E-state index is -0.736. The first kappa shape index (κ1) is 13.1. The molecule has 0 aliphatic carbocycles. The van der Waals surface area contributed by atoms with Crippen molar-refractivity contribution < 1.29 is 18.3 Å². The Kier molecular flexibility index (Phi) is 3.79. The number of ether oxygens (including phenoxy) is 1. The fourth-order valence-corrected chi connectivity index (χ4v) is 1.50. The van der Waals surface area contributed by atoms with Crippen LogP contribution in [0.4, 0.5) is 8.78 Å². The molecule has 0 N–H and O–H groups in total. The van der Waals surface area contributed by atoms with Crippen LogP contribution in [0.15, 0.2) is 30.5 Å². The summed E-state index contributed by atoms with van der Waals surface area (Å²) in [6.07, 6.45) is 1.33. The van der Waals surface area contributed by atoms with Gasteiger partial charge in [0.1, 0.15) is 11.6 Å². The van der Waals surface area contributed by atoms with E-state index in [9.17, 15) is 13.6 Å². The molecule has 0 fully saturated rings. The van der Waals surface area contributed by atoms with Crippen molar-refractivity contribution in [2.24, 2.45) is 0 Å². The van der Waals surface area contributed by atoms with Crippen LogP contribution in [0.3, 0.4) is 0 Å². The first-order chi connectivity index (χ1) is 9.10. The molecule has 0 radical (unpaired) electrons. The van der Waals surface area contributed by atoms with Gasteiger partial charge >= 0.3 is 5.97 Å². The molecule has 4 nitrogen and oxygen atoms in total. The molecule has 6 heteroatoms. The number of aromatic nitrogens is 2. The number of rotatable bonds is 3. The third kappa shape index (κ3) is 3.09. The van der Waals surface area contributed by atoms with Crippen LogP contribution in [0.25, 0.3) is 11.4 Å². The molecule has 1 aromatic carbocycles. The molecule has 0 aliphatic rings. The van der Waals surface area contributed by atoms with Gasteiger partial charge in [0.05, 0.1) is 6.61 Å². The summed E-state index contributed by atoms with van der Waals surface area (Å²) in [6, 6.07) is 4.30. The van der Waals surface area contributed by atoms with Gasteiger partial charge in [-0.3, -0.25) is 0 Å². The summed E-state index contributed by atoms with van der Waals surface area (Å²) < 4.78 is 31.0. The van der Waals surface area contributed by atoms with Gasteiger partial charge in [-0.2, -0.15) is 0 Å². The molecule has 0 saturated heterocycles. The highest BCUT2D eigenvalue weighted by Crippen LogP contribution is 2.18. The Balaban J connectivity index is 2.40. The lowest BCUT2D eigenvalue weighted by molar-refractivity contribution is 0.0519. The predicted molar refractivity (Wildman–Crippen MR) is 63.3 cm³/mol. The zero-order valence-electron chi connectivity index (χ0n) is 10.1. The minimum Gasteiger partial charge on any atom is -0.461 e. The summed E-state index contributed by atoms with van der Waals surface area (Å²) in [5.41, 5.74) is 0.195. The van der Waals surface area contributed by atoms with E-state index in [2.05, 4.69) is 9.97 Å². The summed E-state index contributed by atoms with van der Waals surface area (Å²) in [5.74, 6) is -2.02. The number of carbonyl (C=O) groups excluding carboxylic acids is 1. The second kappa shape index (κ2) is 5.51. The number of carbonyl (C=O) groups is 1. The van der Waals surface area contributed by atoms with Crippen molar-refractivity contribution in [1.29, 1.82) is 0 Å². The van der Waals surface area contributed by atoms with Gasteiger partial charge in [0.25, 0.3) is 0 Å². The topological polar surface area (TPSA) is 52.1 Å². The van der Waals surface area contributed by atoms with Crippen LogP contribution in [-0.2, 0) is 4.74 Å². The molecule has 1 heterocycles. The Labute approximate surface area is 108 Å². The van der Waals surface area contributed by atoms with Crippen molar-refractivity contribution in [2.45, 2.75) is 6.92 Å². The van der Waals surface area contributed by atoms with Crippen LogP contribution in [0.1, 0.15) is 17.4 Å². The average Bonchev–Trinajstić information content (AvgIpc) is 2.38. The first-order valence-corrected chi connectivity index (χ1v) is 5.57. The quantitative estimate of drug-likeness (QED) is 0.799. The van der Waals surface area contributed by atoms with E-state index in [-0.39, 0.29) is 23.7 Å². The smallest absolute Gasteiger partial charge is 0.357 e. The highest BCUT2D eigenvalue weighted by atomic mass is 19.1. The van der Waals surface area contributed by atoms with Crippen molar-refractivity contribution in [3.05, 3.63) is 47.8 Å². The zero-order valence-corrected chi connectivity index (χ0v) is 10.1. The lowest BCUT2D eigenvalue weighted by Gasteiger charge is -2.04. The van der Waals surface area contributed by atoms with Crippen molar-refractivity contribution in [3.63, 3.8) is 0 Å². The van der Waals surface area contributed by atoms with Crippen LogP contribution in [0, 0.1) is 11.6 Å². The minimum absolute atomic E-state index is 0.0384. The Hall–Kier alpha value is -2.37. The Morgan fingerprint density at radius 1 is 1.26 bits per heavy atom. The summed E-state index contributed by atoms with van der Waals surface area (Å²) in [7, 11) is 0. The fourth-order valence-electron chi connectivity index (χ4n) is 1.50. The number of esters is 1. The van der Waals surface area contributed by atoms with Crippen LogP contribution in [0.2, 0.25) is 0 Å². The molecule has 2 aromatic rings. The average molecular weight is 264 g/mol. The van der Waals surface area contributed by atoms with Crippen molar-refractivity contribution >= 4 is 5.97 Å². The van der Waals surface area contributed by atoms with E-state index in [0.29, 0.717) is 0 Å². The molecular weight excluding hydrogens is 254 g/mol. The molecule has 19 heavy (non-hydrogen) atoms. The standard InChI is InChI=1S/C13H10F2N2O2/c1-2-19-13(18)11-3-4-16-12(17-11)8-5-9(14)7-10(15)6-8/h3-7H,2H2,1H3. The highest BCUT2D eigenvalue weighted by molar-refractivity contribution is 5.87. The fraction of sp³-hybridized carbons (Fsp3) is 0.154. The van der Waals surface area contributed by atoms with Gasteiger partial charge in [-0.25, -0.2) is 23.5 Å². The lowest BCUT2D eigenvalue weighted by Crippen LogP contribution is -2.08. The second-order valence-electron chi connectivity index (χ2n) is 3.64. The van der Waals surface area contributed by atoms with E-state index in [4.69, 9.17) is 4.74 Å². The number of nitrogens with zero attached hydrogens (tertiary/aromatic N) is 2. The number of hydrogen-bond acceptors (Lipinski definition) is 4. The predicted octanol–water partition coefficient (Wildman–Crippen LogP) is 2.60. The van der Waals surface area contributed by atoms with E-state index >= 15 is 0 Å². The van der Waals surface area contributed by atoms with E-state index in [1.54, 1.807) is 6.92 Å². The summed E-state index contributed by atoms with van der Waals surface area (Å²) in [4.78, 5) is 19.3.